The number of hydrogen-bond acceptors (Lipinski definition) is 2. The smallest absolute Gasteiger partial charge is 0.263 e. The summed E-state index contributed by atoms with van der Waals surface area (Å²) in [5, 5.41) is 5.01. The number of nitrogens with zero attached hydrogens (tertiary/aromatic N) is 2. The summed E-state index contributed by atoms with van der Waals surface area (Å²) in [7, 11) is -3.51. The van der Waals surface area contributed by atoms with Gasteiger partial charge in [0.15, 0.2) is 8.24 Å². The number of rotatable bonds is 5. The summed E-state index contributed by atoms with van der Waals surface area (Å²) in [6, 6.07) is 2.14. The van der Waals surface area contributed by atoms with Crippen molar-refractivity contribution in [2.75, 3.05) is 0 Å². The SMILES string of the molecule is Cc1cc(O[Si](C(C)C)(C(C)C)C(C)(C)C)nn1[Si](C)(C)C. The minimum absolute atomic E-state index is 0.173. The van der Waals surface area contributed by atoms with Gasteiger partial charge in [-0.3, -0.25) is 4.35 Å². The molecular formula is C17H36N2OSi2. The second-order valence-corrected chi connectivity index (χ2v) is 19.5. The first-order valence-corrected chi connectivity index (χ1v) is 14.0. The average Bonchev–Trinajstić information content (AvgIpc) is 2.64. The second kappa shape index (κ2) is 6.15. The lowest BCUT2D eigenvalue weighted by Crippen LogP contribution is -2.55. The minimum Gasteiger partial charge on any atom is -0.529 e. The Hall–Kier alpha value is -0.556. The highest BCUT2D eigenvalue weighted by Crippen LogP contribution is 2.50. The molecule has 0 amide bonds. The Bertz CT molecular complexity index is 500. The Kier molecular flexibility index (Phi) is 5.45. The maximum Gasteiger partial charge on any atom is 0.263 e. The zero-order valence-corrected chi connectivity index (χ0v) is 18.5. The minimum atomic E-state index is -2.02. The molecule has 0 saturated heterocycles. The predicted molar refractivity (Wildman–Crippen MR) is 102 cm³/mol. The fourth-order valence-corrected chi connectivity index (χ4v) is 11.7. The number of aryl methyl sites for hydroxylation is 1. The first-order chi connectivity index (χ1) is 9.73. The third-order valence-electron chi connectivity index (χ3n) is 4.66. The lowest BCUT2D eigenvalue weighted by Gasteiger charge is -2.47. The highest BCUT2D eigenvalue weighted by atomic mass is 28.4. The summed E-state index contributed by atoms with van der Waals surface area (Å²) >= 11 is 0. The van der Waals surface area contributed by atoms with Crippen LogP contribution in [-0.2, 0) is 0 Å². The van der Waals surface area contributed by atoms with E-state index in [0.717, 1.165) is 5.88 Å². The van der Waals surface area contributed by atoms with Crippen LogP contribution in [0.3, 0.4) is 0 Å². The third-order valence-corrected chi connectivity index (χ3v) is 12.7. The summed E-state index contributed by atoms with van der Waals surface area (Å²) in [4.78, 5) is 0. The Balaban J connectivity index is 3.33. The Morgan fingerprint density at radius 3 is 1.77 bits per heavy atom. The van der Waals surface area contributed by atoms with Gasteiger partial charge in [0.2, 0.25) is 5.88 Å². The van der Waals surface area contributed by atoms with E-state index in [4.69, 9.17) is 9.52 Å². The van der Waals surface area contributed by atoms with Gasteiger partial charge in [-0.05, 0) is 42.7 Å². The lowest BCUT2D eigenvalue weighted by atomic mass is 10.2. The number of hydrogen-bond donors (Lipinski definition) is 0. The van der Waals surface area contributed by atoms with E-state index in [1.165, 1.54) is 5.69 Å². The van der Waals surface area contributed by atoms with Crippen LogP contribution in [0, 0.1) is 6.92 Å². The van der Waals surface area contributed by atoms with Crippen molar-refractivity contribution in [1.29, 1.82) is 0 Å². The Labute approximate surface area is 139 Å². The van der Waals surface area contributed by atoms with E-state index in [9.17, 15) is 0 Å². The van der Waals surface area contributed by atoms with Crippen molar-refractivity contribution in [2.24, 2.45) is 0 Å². The van der Waals surface area contributed by atoms with Gasteiger partial charge in [0, 0.05) is 11.8 Å². The van der Waals surface area contributed by atoms with Gasteiger partial charge in [0.25, 0.3) is 8.32 Å². The van der Waals surface area contributed by atoms with E-state index >= 15 is 0 Å². The zero-order valence-electron chi connectivity index (χ0n) is 16.5. The molecule has 1 aromatic rings. The van der Waals surface area contributed by atoms with Crippen molar-refractivity contribution in [2.45, 2.75) is 91.2 Å². The van der Waals surface area contributed by atoms with E-state index in [0.29, 0.717) is 11.1 Å². The predicted octanol–water partition coefficient (Wildman–Crippen LogP) is 5.82. The molecule has 1 rings (SSSR count). The van der Waals surface area contributed by atoms with Crippen molar-refractivity contribution >= 4 is 16.6 Å². The van der Waals surface area contributed by atoms with E-state index in [1.54, 1.807) is 0 Å². The van der Waals surface area contributed by atoms with Gasteiger partial charge >= 0.3 is 0 Å². The topological polar surface area (TPSA) is 27.1 Å². The number of aromatic nitrogens is 2. The fourth-order valence-electron chi connectivity index (χ4n) is 4.14. The third kappa shape index (κ3) is 3.50. The molecule has 3 nitrogen and oxygen atoms in total. The maximum absolute atomic E-state index is 6.78. The van der Waals surface area contributed by atoms with E-state index < -0.39 is 16.6 Å². The summed E-state index contributed by atoms with van der Waals surface area (Å²) in [5.41, 5.74) is 2.31. The Morgan fingerprint density at radius 2 is 1.50 bits per heavy atom. The van der Waals surface area contributed by atoms with Gasteiger partial charge in [-0.15, -0.1) is 5.10 Å². The van der Waals surface area contributed by atoms with Gasteiger partial charge in [-0.2, -0.15) is 0 Å². The standard InChI is InChI=1S/C17H36N2OSi2/c1-13(2)22(14(3)4,17(6,7)8)20-16-12-15(5)19(18-16)21(9,10)11/h12-14H,1-11H3. The van der Waals surface area contributed by atoms with Crippen molar-refractivity contribution in [1.82, 2.24) is 9.45 Å². The fraction of sp³-hybridized carbons (Fsp3) is 0.824. The van der Waals surface area contributed by atoms with Crippen LogP contribution in [0.15, 0.2) is 6.07 Å². The molecule has 128 valence electrons. The second-order valence-electron chi connectivity index (χ2n) is 9.16. The summed E-state index contributed by atoms with van der Waals surface area (Å²) in [6.45, 7) is 25.4. The normalized spacial score (nSPS) is 14.0. The van der Waals surface area contributed by atoms with Crippen LogP contribution in [0.1, 0.15) is 54.2 Å². The zero-order chi connectivity index (χ0) is 17.5. The van der Waals surface area contributed by atoms with Crippen molar-refractivity contribution < 1.29 is 4.43 Å². The molecule has 0 radical (unpaired) electrons. The quantitative estimate of drug-likeness (QED) is 0.631. The summed E-state index contributed by atoms with van der Waals surface area (Å²) < 4.78 is 8.99. The van der Waals surface area contributed by atoms with Crippen LogP contribution >= 0.6 is 0 Å². The monoisotopic (exact) mass is 340 g/mol. The molecule has 0 atom stereocenters. The highest BCUT2D eigenvalue weighted by molar-refractivity contribution is 6.79. The van der Waals surface area contributed by atoms with Gasteiger partial charge in [-0.25, -0.2) is 0 Å². The molecule has 1 aromatic heterocycles. The Morgan fingerprint density at radius 1 is 1.05 bits per heavy atom. The van der Waals surface area contributed by atoms with E-state index in [-0.39, 0.29) is 5.04 Å². The molecule has 0 aliphatic heterocycles. The van der Waals surface area contributed by atoms with Crippen molar-refractivity contribution in [3.8, 4) is 5.88 Å². The molecule has 0 aliphatic carbocycles. The van der Waals surface area contributed by atoms with Crippen LogP contribution in [0.25, 0.3) is 0 Å². The molecule has 0 spiro atoms. The van der Waals surface area contributed by atoms with Crippen LogP contribution in [0.2, 0.25) is 35.8 Å². The largest absolute Gasteiger partial charge is 0.529 e. The van der Waals surface area contributed by atoms with Gasteiger partial charge in [0.1, 0.15) is 0 Å². The molecule has 22 heavy (non-hydrogen) atoms. The molecule has 0 fully saturated rings. The molecule has 0 aromatic carbocycles. The molecular weight excluding hydrogens is 304 g/mol. The van der Waals surface area contributed by atoms with Gasteiger partial charge in [0.05, 0.1) is 0 Å². The summed E-state index contributed by atoms with van der Waals surface area (Å²) in [5.74, 6) is 0.837. The summed E-state index contributed by atoms with van der Waals surface area (Å²) in [6.07, 6.45) is 0. The first-order valence-electron chi connectivity index (χ1n) is 8.49. The van der Waals surface area contributed by atoms with E-state index in [2.05, 4.69) is 85.4 Å². The van der Waals surface area contributed by atoms with Crippen LogP contribution < -0.4 is 4.43 Å². The van der Waals surface area contributed by atoms with Gasteiger partial charge in [-0.1, -0.05) is 48.5 Å². The molecule has 0 N–H and O–H groups in total. The molecule has 1 heterocycles. The molecule has 5 heteroatoms. The highest BCUT2D eigenvalue weighted by Gasteiger charge is 2.54. The van der Waals surface area contributed by atoms with Gasteiger partial charge < -0.3 is 4.43 Å². The van der Waals surface area contributed by atoms with Crippen LogP contribution in [-0.4, -0.2) is 26.0 Å². The molecule has 0 aliphatic rings. The maximum atomic E-state index is 6.78. The van der Waals surface area contributed by atoms with E-state index in [1.807, 2.05) is 0 Å². The van der Waals surface area contributed by atoms with Crippen LogP contribution in [0.5, 0.6) is 5.88 Å². The van der Waals surface area contributed by atoms with Crippen molar-refractivity contribution in [3.63, 3.8) is 0 Å². The molecule has 0 unspecified atom stereocenters. The van der Waals surface area contributed by atoms with Crippen molar-refractivity contribution in [3.05, 3.63) is 11.8 Å². The molecule has 0 saturated carbocycles. The average molecular weight is 341 g/mol. The molecule has 0 bridgehead atoms. The van der Waals surface area contributed by atoms with Crippen LogP contribution in [0.4, 0.5) is 0 Å². The first kappa shape index (κ1) is 19.5. The lowest BCUT2D eigenvalue weighted by molar-refractivity contribution is 0.426.